The second-order valence-electron chi connectivity index (χ2n) is 7.73. The van der Waals surface area contributed by atoms with E-state index in [1.54, 1.807) is 22.8 Å². The number of sulfonamides is 1. The van der Waals surface area contributed by atoms with Crippen molar-refractivity contribution in [2.24, 2.45) is 0 Å². The Kier molecular flexibility index (Phi) is 6.33. The van der Waals surface area contributed by atoms with Gasteiger partial charge in [0.25, 0.3) is 5.56 Å². The lowest BCUT2D eigenvalue weighted by atomic mass is 10.0. The Morgan fingerprint density at radius 2 is 1.71 bits per heavy atom. The van der Waals surface area contributed by atoms with Crippen molar-refractivity contribution in [2.45, 2.75) is 38.1 Å². The molecule has 1 heterocycles. The number of hydrogen-bond donors (Lipinski definition) is 1. The molecule has 2 aromatic carbocycles. The van der Waals surface area contributed by atoms with Crippen molar-refractivity contribution in [3.63, 3.8) is 0 Å². The van der Waals surface area contributed by atoms with E-state index >= 15 is 0 Å². The minimum atomic E-state index is -3.55. The molecule has 1 amide bonds. The van der Waals surface area contributed by atoms with Gasteiger partial charge in [0.2, 0.25) is 15.9 Å². The molecule has 0 aliphatic heterocycles. The number of carbonyl (C=O) groups excluding carboxylic acids is 1. The van der Waals surface area contributed by atoms with Gasteiger partial charge < -0.3 is 5.32 Å². The number of anilines is 1. The van der Waals surface area contributed by atoms with Gasteiger partial charge in [0.05, 0.1) is 10.4 Å². The molecule has 0 spiro atoms. The van der Waals surface area contributed by atoms with Crippen LogP contribution in [0.4, 0.5) is 5.69 Å². The van der Waals surface area contributed by atoms with Crippen molar-refractivity contribution in [1.82, 2.24) is 8.87 Å². The summed E-state index contributed by atoms with van der Waals surface area (Å²) in [6.07, 6.45) is 0.422. The summed E-state index contributed by atoms with van der Waals surface area (Å²) in [5.41, 5.74) is 2.77. The van der Waals surface area contributed by atoms with Crippen LogP contribution in [-0.2, 0) is 14.8 Å². The van der Waals surface area contributed by atoms with Gasteiger partial charge in [-0.3, -0.25) is 14.2 Å². The van der Waals surface area contributed by atoms with Crippen molar-refractivity contribution in [2.75, 3.05) is 19.4 Å². The van der Waals surface area contributed by atoms with Crippen LogP contribution in [0, 0.1) is 13.8 Å². The first-order valence-electron chi connectivity index (χ1n) is 10.0. The molecular formula is C23H27N3O4S. The fourth-order valence-electron chi connectivity index (χ4n) is 3.68. The molecule has 3 aromatic rings. The summed E-state index contributed by atoms with van der Waals surface area (Å²) >= 11 is 0. The summed E-state index contributed by atoms with van der Waals surface area (Å²) in [7, 11) is -0.628. The van der Waals surface area contributed by atoms with E-state index in [9.17, 15) is 18.0 Å². The quantitative estimate of drug-likeness (QED) is 0.635. The van der Waals surface area contributed by atoms with Crippen LogP contribution in [0.25, 0.3) is 10.9 Å². The number of pyridine rings is 1. The first kappa shape index (κ1) is 22.7. The molecule has 1 unspecified atom stereocenters. The number of nitrogens with zero attached hydrogens (tertiary/aromatic N) is 2. The van der Waals surface area contributed by atoms with Gasteiger partial charge in [-0.15, -0.1) is 0 Å². The van der Waals surface area contributed by atoms with Gasteiger partial charge in [-0.25, -0.2) is 12.7 Å². The van der Waals surface area contributed by atoms with E-state index in [2.05, 4.69) is 5.32 Å². The first-order chi connectivity index (χ1) is 14.6. The van der Waals surface area contributed by atoms with Crippen molar-refractivity contribution >= 4 is 32.5 Å². The number of carbonyl (C=O) groups is 1. The van der Waals surface area contributed by atoms with Crippen LogP contribution in [0.2, 0.25) is 0 Å². The summed E-state index contributed by atoms with van der Waals surface area (Å²) in [6.45, 7) is 5.66. The zero-order valence-corrected chi connectivity index (χ0v) is 19.2. The number of rotatable bonds is 6. The SMILES string of the molecule is CCC(C(=O)Nc1ccc(S(=O)(=O)N(C)C)cc1)n1c(=O)cc(C)c2cccc(C)c21. The maximum absolute atomic E-state index is 13.1. The minimum absolute atomic E-state index is 0.138. The number of para-hydroxylation sites is 1. The molecule has 1 atom stereocenters. The number of aryl methyl sites for hydroxylation is 2. The summed E-state index contributed by atoms with van der Waals surface area (Å²) in [5.74, 6) is -0.332. The van der Waals surface area contributed by atoms with Crippen LogP contribution < -0.4 is 10.9 Å². The molecule has 3 rings (SSSR count). The van der Waals surface area contributed by atoms with Crippen LogP contribution in [0.3, 0.4) is 0 Å². The van der Waals surface area contributed by atoms with Crippen molar-refractivity contribution in [3.8, 4) is 0 Å². The monoisotopic (exact) mass is 441 g/mol. The number of nitrogens with one attached hydrogen (secondary N) is 1. The van der Waals surface area contributed by atoms with Crippen LogP contribution >= 0.6 is 0 Å². The molecule has 1 aromatic heterocycles. The standard InChI is InChI=1S/C23H27N3O4S/c1-6-20(26-21(27)14-16(3)19-9-7-8-15(2)22(19)26)23(28)24-17-10-12-18(13-11-17)31(29,30)25(4)5/h7-14,20H,6H2,1-5H3,(H,24,28). The van der Waals surface area contributed by atoms with Gasteiger partial charge in [-0.2, -0.15) is 0 Å². The molecule has 31 heavy (non-hydrogen) atoms. The normalized spacial score (nSPS) is 12.8. The molecule has 0 aliphatic rings. The number of benzene rings is 2. The Balaban J connectivity index is 1.98. The fraction of sp³-hybridized carbons (Fsp3) is 0.304. The van der Waals surface area contributed by atoms with Crippen molar-refractivity contribution in [3.05, 3.63) is 70.0 Å². The van der Waals surface area contributed by atoms with E-state index in [4.69, 9.17) is 0 Å². The fourth-order valence-corrected chi connectivity index (χ4v) is 4.58. The highest BCUT2D eigenvalue weighted by atomic mass is 32.2. The summed E-state index contributed by atoms with van der Waals surface area (Å²) in [5, 5.41) is 3.75. The first-order valence-corrected chi connectivity index (χ1v) is 11.5. The van der Waals surface area contributed by atoms with E-state index in [1.165, 1.54) is 26.2 Å². The average Bonchev–Trinajstić information content (AvgIpc) is 2.71. The van der Waals surface area contributed by atoms with Gasteiger partial charge >= 0.3 is 0 Å². The lowest BCUT2D eigenvalue weighted by Crippen LogP contribution is -2.33. The summed E-state index contributed by atoms with van der Waals surface area (Å²) in [4.78, 5) is 26.2. The Bertz CT molecular complexity index is 1290. The summed E-state index contributed by atoms with van der Waals surface area (Å²) < 4.78 is 27.1. The van der Waals surface area contributed by atoms with E-state index in [0.29, 0.717) is 12.1 Å². The number of aromatic nitrogens is 1. The molecule has 0 saturated heterocycles. The van der Waals surface area contributed by atoms with E-state index in [1.807, 2.05) is 39.0 Å². The number of hydrogen-bond acceptors (Lipinski definition) is 4. The van der Waals surface area contributed by atoms with Crippen molar-refractivity contribution in [1.29, 1.82) is 0 Å². The lowest BCUT2D eigenvalue weighted by Gasteiger charge is -2.22. The predicted molar refractivity (Wildman–Crippen MR) is 123 cm³/mol. The molecule has 0 radical (unpaired) electrons. The molecule has 0 fully saturated rings. The molecule has 7 nitrogen and oxygen atoms in total. The third kappa shape index (κ3) is 4.26. The topological polar surface area (TPSA) is 88.5 Å². The Hall–Kier alpha value is -2.97. The highest BCUT2D eigenvalue weighted by Gasteiger charge is 2.23. The predicted octanol–water partition coefficient (Wildman–Crippen LogP) is 3.46. The molecular weight excluding hydrogens is 414 g/mol. The van der Waals surface area contributed by atoms with Gasteiger partial charge in [0.1, 0.15) is 6.04 Å². The second kappa shape index (κ2) is 8.64. The van der Waals surface area contributed by atoms with Crippen LogP contribution in [0.1, 0.15) is 30.5 Å². The molecule has 0 aliphatic carbocycles. The Labute approximate surface area is 182 Å². The third-order valence-corrected chi connectivity index (χ3v) is 7.21. The highest BCUT2D eigenvalue weighted by Crippen LogP contribution is 2.25. The second-order valence-corrected chi connectivity index (χ2v) is 9.88. The lowest BCUT2D eigenvalue weighted by molar-refractivity contribution is -0.119. The maximum atomic E-state index is 13.1. The van der Waals surface area contributed by atoms with Crippen LogP contribution in [0.5, 0.6) is 0 Å². The van der Waals surface area contributed by atoms with Crippen LogP contribution in [-0.4, -0.2) is 37.3 Å². The molecule has 0 bridgehead atoms. The van der Waals surface area contributed by atoms with Gasteiger partial charge in [0, 0.05) is 31.2 Å². The van der Waals surface area contributed by atoms with Gasteiger partial charge in [-0.1, -0.05) is 25.1 Å². The zero-order valence-electron chi connectivity index (χ0n) is 18.3. The number of amides is 1. The Morgan fingerprint density at radius 1 is 1.06 bits per heavy atom. The van der Waals surface area contributed by atoms with Gasteiger partial charge in [-0.05, 0) is 55.7 Å². The summed E-state index contributed by atoms with van der Waals surface area (Å²) in [6, 6.07) is 12.6. The largest absolute Gasteiger partial charge is 0.324 e. The third-order valence-electron chi connectivity index (χ3n) is 5.38. The molecule has 0 saturated carbocycles. The molecule has 8 heteroatoms. The molecule has 164 valence electrons. The average molecular weight is 442 g/mol. The molecule has 1 N–H and O–H groups in total. The maximum Gasteiger partial charge on any atom is 0.252 e. The van der Waals surface area contributed by atoms with E-state index in [0.717, 1.165) is 26.3 Å². The number of fused-ring (bicyclic) bond motifs is 1. The highest BCUT2D eigenvalue weighted by molar-refractivity contribution is 7.89. The zero-order chi connectivity index (χ0) is 22.9. The minimum Gasteiger partial charge on any atom is -0.324 e. The van der Waals surface area contributed by atoms with E-state index in [-0.39, 0.29) is 16.4 Å². The Morgan fingerprint density at radius 3 is 2.29 bits per heavy atom. The van der Waals surface area contributed by atoms with Crippen LogP contribution in [0.15, 0.2) is 58.2 Å². The van der Waals surface area contributed by atoms with Gasteiger partial charge in [0.15, 0.2) is 0 Å². The smallest absolute Gasteiger partial charge is 0.252 e. The van der Waals surface area contributed by atoms with Crippen molar-refractivity contribution < 1.29 is 13.2 Å². The van der Waals surface area contributed by atoms with E-state index < -0.39 is 16.1 Å².